The zero-order valence-electron chi connectivity index (χ0n) is 24.9. The third-order valence-corrected chi connectivity index (χ3v) is 7.87. The summed E-state index contributed by atoms with van der Waals surface area (Å²) in [6.07, 6.45) is 7.19. The van der Waals surface area contributed by atoms with Crippen molar-refractivity contribution in [3.63, 3.8) is 0 Å². The number of aromatic nitrogens is 2. The van der Waals surface area contributed by atoms with E-state index in [4.69, 9.17) is 14.2 Å². The van der Waals surface area contributed by atoms with E-state index in [1.54, 1.807) is 36.8 Å². The fraction of sp³-hybridized carbons (Fsp3) is 0.294. The van der Waals surface area contributed by atoms with Crippen LogP contribution in [0.1, 0.15) is 28.5 Å². The van der Waals surface area contributed by atoms with Gasteiger partial charge in [0.2, 0.25) is 5.43 Å². The molecule has 2 N–H and O–H groups in total. The highest BCUT2D eigenvalue weighted by atomic mass is 19.1. The summed E-state index contributed by atoms with van der Waals surface area (Å²) in [4.78, 5) is 40.4. The van der Waals surface area contributed by atoms with Crippen molar-refractivity contribution in [2.75, 3.05) is 44.8 Å². The van der Waals surface area contributed by atoms with Crippen molar-refractivity contribution in [1.29, 1.82) is 0 Å². The molecule has 1 amide bonds. The molecule has 1 unspecified atom stereocenters. The van der Waals surface area contributed by atoms with Crippen LogP contribution in [-0.2, 0) is 22.3 Å². The molecule has 6 rings (SSSR count). The van der Waals surface area contributed by atoms with E-state index in [9.17, 15) is 9.59 Å². The number of carbonyl (C=O) groups excluding carboxylic acids is 1. The number of nitrogens with one attached hydrogen (secondary N) is 2. The number of aliphatic imine (C=N–C) groups is 1. The number of rotatable bonds is 9. The lowest BCUT2D eigenvalue weighted by atomic mass is 10.0. The molecule has 0 spiro atoms. The fourth-order valence-corrected chi connectivity index (χ4v) is 5.44. The number of halogens is 1. The van der Waals surface area contributed by atoms with Gasteiger partial charge in [0.05, 0.1) is 25.5 Å². The Labute approximate surface area is 259 Å². The van der Waals surface area contributed by atoms with E-state index in [-0.39, 0.29) is 17.0 Å². The SMILES string of the molecule is CC1(OCCN2CCOCC2)Cc2nccc(Oc3ccc(NC(=O)c4c[nH]cc(-c5ccccc5)c4=O)cc3F)c2CC=N1. The van der Waals surface area contributed by atoms with Gasteiger partial charge in [0.25, 0.3) is 5.91 Å². The maximum atomic E-state index is 15.3. The Morgan fingerprint density at radius 2 is 1.93 bits per heavy atom. The molecule has 2 aromatic heterocycles. The smallest absolute Gasteiger partial charge is 0.261 e. The molecule has 4 aromatic rings. The van der Waals surface area contributed by atoms with E-state index in [0.717, 1.165) is 50.2 Å². The van der Waals surface area contributed by atoms with E-state index in [2.05, 4.69) is 25.2 Å². The maximum Gasteiger partial charge on any atom is 0.261 e. The predicted octanol–water partition coefficient (Wildman–Crippen LogP) is 4.86. The van der Waals surface area contributed by atoms with Crippen molar-refractivity contribution < 1.29 is 23.4 Å². The van der Waals surface area contributed by atoms with E-state index in [0.29, 0.717) is 36.3 Å². The van der Waals surface area contributed by atoms with Gasteiger partial charge in [-0.15, -0.1) is 0 Å². The molecule has 0 aliphatic carbocycles. The molecule has 4 heterocycles. The van der Waals surface area contributed by atoms with E-state index < -0.39 is 22.9 Å². The Balaban J connectivity index is 1.12. The summed E-state index contributed by atoms with van der Waals surface area (Å²) in [5.74, 6) is -0.889. The van der Waals surface area contributed by atoms with Crippen LogP contribution in [0.5, 0.6) is 11.5 Å². The van der Waals surface area contributed by atoms with Crippen LogP contribution in [0.4, 0.5) is 10.1 Å². The van der Waals surface area contributed by atoms with Crippen LogP contribution >= 0.6 is 0 Å². The van der Waals surface area contributed by atoms with Crippen LogP contribution in [0.2, 0.25) is 0 Å². The average Bonchev–Trinajstić information content (AvgIpc) is 3.22. The fourth-order valence-electron chi connectivity index (χ4n) is 5.44. The molecule has 232 valence electrons. The molecule has 1 atom stereocenters. The number of hydrogen-bond donors (Lipinski definition) is 2. The second-order valence-corrected chi connectivity index (χ2v) is 11.1. The minimum atomic E-state index is -0.781. The summed E-state index contributed by atoms with van der Waals surface area (Å²) in [6.45, 7) is 6.51. The number of H-pyrrole nitrogens is 1. The van der Waals surface area contributed by atoms with Crippen LogP contribution in [0.3, 0.4) is 0 Å². The van der Waals surface area contributed by atoms with Crippen LogP contribution in [0, 0.1) is 5.82 Å². The number of hydrogen-bond acceptors (Lipinski definition) is 8. The quantitative estimate of drug-likeness (QED) is 0.278. The second kappa shape index (κ2) is 13.5. The number of pyridine rings is 2. The summed E-state index contributed by atoms with van der Waals surface area (Å²) in [6, 6.07) is 14.8. The van der Waals surface area contributed by atoms with Crippen molar-refractivity contribution in [2.45, 2.75) is 25.5 Å². The Hall–Kier alpha value is -4.71. The molecule has 1 fully saturated rings. The van der Waals surface area contributed by atoms with Gasteiger partial charge in [-0.25, -0.2) is 4.39 Å². The van der Waals surface area contributed by atoms with Gasteiger partial charge in [-0.2, -0.15) is 0 Å². The number of nitrogens with zero attached hydrogens (tertiary/aromatic N) is 3. The molecule has 0 radical (unpaired) electrons. The first-order chi connectivity index (χ1) is 21.9. The van der Waals surface area contributed by atoms with E-state index in [1.165, 1.54) is 18.3 Å². The number of anilines is 1. The highest BCUT2D eigenvalue weighted by molar-refractivity contribution is 6.04. The number of fused-ring (bicyclic) bond motifs is 1. The van der Waals surface area contributed by atoms with E-state index >= 15 is 4.39 Å². The standard InChI is InChI=1S/C34H34FN5O5/c1-34(44-18-15-40-13-16-43-17-14-40)20-29-25(9-12-38-34)30(10-11-37-29)45-31-8-7-24(19-28(31)35)39-33(42)27-22-36-21-26(32(27)41)23-5-3-2-4-6-23/h2-8,10-12,19,21-22H,9,13-18,20H2,1H3,(H,36,41)(H,39,42). The number of benzene rings is 2. The minimum Gasteiger partial charge on any atom is -0.454 e. The van der Waals surface area contributed by atoms with Gasteiger partial charge in [-0.1, -0.05) is 30.3 Å². The number of amides is 1. The molecule has 45 heavy (non-hydrogen) atoms. The maximum absolute atomic E-state index is 15.3. The Kier molecular flexibility index (Phi) is 9.11. The second-order valence-electron chi connectivity index (χ2n) is 11.1. The first kappa shape index (κ1) is 30.3. The van der Waals surface area contributed by atoms with Gasteiger partial charge in [0.1, 0.15) is 11.3 Å². The largest absolute Gasteiger partial charge is 0.454 e. The lowest BCUT2D eigenvalue weighted by Gasteiger charge is -2.29. The van der Waals surface area contributed by atoms with Gasteiger partial charge >= 0.3 is 0 Å². The molecule has 0 saturated carbocycles. The van der Waals surface area contributed by atoms with E-state index in [1.807, 2.05) is 25.1 Å². The average molecular weight is 612 g/mol. The monoisotopic (exact) mass is 611 g/mol. The number of carbonyl (C=O) groups is 1. The van der Waals surface area contributed by atoms with Crippen molar-refractivity contribution in [1.82, 2.24) is 14.9 Å². The van der Waals surface area contributed by atoms with Gasteiger partial charge in [-0.05, 0) is 30.7 Å². The third kappa shape index (κ3) is 7.17. The van der Waals surface area contributed by atoms with Gasteiger partial charge < -0.3 is 24.5 Å². The molecular formula is C34H34FN5O5. The van der Waals surface area contributed by atoms with Crippen molar-refractivity contribution >= 4 is 17.8 Å². The summed E-state index contributed by atoms with van der Waals surface area (Å²) < 4.78 is 32.9. The minimum absolute atomic E-state index is 0.0176. The third-order valence-electron chi connectivity index (χ3n) is 7.87. The molecular weight excluding hydrogens is 577 g/mol. The van der Waals surface area contributed by atoms with Crippen LogP contribution in [0.25, 0.3) is 11.1 Å². The predicted molar refractivity (Wildman–Crippen MR) is 169 cm³/mol. The first-order valence-corrected chi connectivity index (χ1v) is 14.9. The zero-order chi connectivity index (χ0) is 31.2. The molecule has 11 heteroatoms. The van der Waals surface area contributed by atoms with Crippen LogP contribution in [0.15, 0.2) is 83.0 Å². The van der Waals surface area contributed by atoms with Gasteiger partial charge in [0, 0.05) is 80.2 Å². The summed E-state index contributed by atoms with van der Waals surface area (Å²) in [7, 11) is 0. The van der Waals surface area contributed by atoms with Gasteiger partial charge in [-0.3, -0.25) is 24.5 Å². The lowest BCUT2D eigenvalue weighted by molar-refractivity contribution is -0.0435. The molecule has 2 aliphatic rings. The van der Waals surface area contributed by atoms with Crippen molar-refractivity contribution in [3.05, 3.63) is 106 Å². The molecule has 2 aromatic carbocycles. The topological polar surface area (TPSA) is 118 Å². The Morgan fingerprint density at radius 1 is 1.11 bits per heavy atom. The zero-order valence-corrected chi connectivity index (χ0v) is 24.9. The van der Waals surface area contributed by atoms with Crippen LogP contribution in [-0.4, -0.2) is 72.2 Å². The molecule has 1 saturated heterocycles. The van der Waals surface area contributed by atoms with Crippen molar-refractivity contribution in [2.24, 2.45) is 4.99 Å². The summed E-state index contributed by atoms with van der Waals surface area (Å²) in [5.41, 5.74) is 1.49. The Bertz CT molecular complexity index is 1760. The first-order valence-electron chi connectivity index (χ1n) is 14.9. The summed E-state index contributed by atoms with van der Waals surface area (Å²) >= 11 is 0. The molecule has 10 nitrogen and oxygen atoms in total. The normalized spacial score (nSPS) is 18.2. The number of aromatic amines is 1. The molecule has 0 bridgehead atoms. The van der Waals surface area contributed by atoms with Gasteiger partial charge in [0.15, 0.2) is 17.3 Å². The number of morpholine rings is 1. The summed E-state index contributed by atoms with van der Waals surface area (Å²) in [5, 5.41) is 2.61. The highest BCUT2D eigenvalue weighted by Gasteiger charge is 2.30. The van der Waals surface area contributed by atoms with Crippen molar-refractivity contribution in [3.8, 4) is 22.6 Å². The number of ether oxygens (including phenoxy) is 3. The highest BCUT2D eigenvalue weighted by Crippen LogP contribution is 2.33. The Morgan fingerprint density at radius 3 is 2.73 bits per heavy atom. The molecule has 2 aliphatic heterocycles. The lowest BCUT2D eigenvalue weighted by Crippen LogP contribution is -2.40. The van der Waals surface area contributed by atoms with Crippen LogP contribution < -0.4 is 15.5 Å².